The Morgan fingerprint density at radius 2 is 1.74 bits per heavy atom. The number of nitrogens with one attached hydrogen (secondary N) is 2. The zero-order chi connectivity index (χ0) is 22.0. The lowest BCUT2D eigenvalue weighted by atomic mass is 9.95. The third-order valence-electron chi connectivity index (χ3n) is 4.88. The lowest BCUT2D eigenvalue weighted by Gasteiger charge is -2.19. The molecule has 0 unspecified atom stereocenters. The van der Waals surface area contributed by atoms with Gasteiger partial charge in [0, 0.05) is 17.8 Å². The van der Waals surface area contributed by atoms with Gasteiger partial charge in [0.2, 0.25) is 5.95 Å². The van der Waals surface area contributed by atoms with Crippen LogP contribution in [0.4, 0.5) is 36.3 Å². The number of aromatic nitrogens is 2. The Balaban J connectivity index is 1.69. The molecule has 0 amide bonds. The average molecular weight is 428 g/mol. The van der Waals surface area contributed by atoms with Crippen LogP contribution in [0.1, 0.15) is 34.5 Å². The van der Waals surface area contributed by atoms with Crippen LogP contribution in [0.15, 0.2) is 48.5 Å². The minimum absolute atomic E-state index is 0.0668. The zero-order valence-corrected chi connectivity index (χ0v) is 16.6. The molecular weight excluding hydrogens is 409 g/mol. The van der Waals surface area contributed by atoms with Gasteiger partial charge in [-0.3, -0.25) is 4.79 Å². The van der Waals surface area contributed by atoms with Crippen LogP contribution in [0.2, 0.25) is 0 Å². The first kappa shape index (κ1) is 20.6. The number of ether oxygens (including phenoxy) is 1. The molecule has 0 saturated heterocycles. The first-order valence-corrected chi connectivity index (χ1v) is 9.63. The van der Waals surface area contributed by atoms with E-state index < -0.39 is 11.7 Å². The van der Waals surface area contributed by atoms with Crippen LogP contribution in [0.5, 0.6) is 5.75 Å². The Bertz CT molecular complexity index is 1110. The quantitative estimate of drug-likeness (QED) is 0.558. The molecule has 0 atom stereocenters. The number of rotatable bonds is 5. The van der Waals surface area contributed by atoms with Crippen molar-refractivity contribution in [2.45, 2.75) is 25.4 Å². The number of fused-ring (bicyclic) bond motifs is 1. The molecule has 2 N–H and O–H groups in total. The lowest BCUT2D eigenvalue weighted by Crippen LogP contribution is -2.18. The largest absolute Gasteiger partial charge is 0.497 e. The van der Waals surface area contributed by atoms with Crippen LogP contribution in [-0.2, 0) is 12.6 Å². The van der Waals surface area contributed by atoms with E-state index in [0.717, 1.165) is 12.1 Å². The van der Waals surface area contributed by atoms with Crippen molar-refractivity contribution in [2.75, 3.05) is 17.7 Å². The summed E-state index contributed by atoms with van der Waals surface area (Å²) in [6.45, 7) is 0. The predicted octanol–water partition coefficient (Wildman–Crippen LogP) is 5.51. The van der Waals surface area contributed by atoms with Gasteiger partial charge in [-0.25, -0.2) is 4.98 Å². The van der Waals surface area contributed by atoms with E-state index >= 15 is 0 Å². The minimum atomic E-state index is -4.46. The molecule has 9 heteroatoms. The molecule has 0 bridgehead atoms. The molecule has 160 valence electrons. The molecule has 1 aliphatic rings. The van der Waals surface area contributed by atoms with Crippen molar-refractivity contribution in [1.29, 1.82) is 0 Å². The first-order chi connectivity index (χ1) is 14.8. The summed E-state index contributed by atoms with van der Waals surface area (Å²) in [5, 5.41) is 5.96. The molecule has 0 saturated carbocycles. The van der Waals surface area contributed by atoms with Crippen molar-refractivity contribution in [2.24, 2.45) is 0 Å². The normalized spacial score (nSPS) is 13.5. The summed E-state index contributed by atoms with van der Waals surface area (Å²) in [4.78, 5) is 21.3. The number of halogens is 3. The van der Waals surface area contributed by atoms with Gasteiger partial charge >= 0.3 is 6.18 Å². The van der Waals surface area contributed by atoms with Crippen LogP contribution in [0, 0.1) is 0 Å². The maximum Gasteiger partial charge on any atom is 0.416 e. The lowest BCUT2D eigenvalue weighted by molar-refractivity contribution is -0.137. The predicted molar refractivity (Wildman–Crippen MR) is 110 cm³/mol. The minimum Gasteiger partial charge on any atom is -0.497 e. The smallest absolute Gasteiger partial charge is 0.416 e. The van der Waals surface area contributed by atoms with Crippen LogP contribution in [-0.4, -0.2) is 22.9 Å². The standard InChI is InChI=1S/C22H19F3N4O2/c1-31-16-10-8-14(9-11-16)26-20-19-17(6-3-7-18(19)30)28-21(29-20)27-15-5-2-4-13(12-15)22(23,24)25/h2,4-5,8-12H,3,6-7H2,1H3,(H2,26,27,28,29). The van der Waals surface area contributed by atoms with Crippen LogP contribution in [0.25, 0.3) is 0 Å². The van der Waals surface area contributed by atoms with Gasteiger partial charge in [-0.15, -0.1) is 0 Å². The van der Waals surface area contributed by atoms with Gasteiger partial charge in [0.1, 0.15) is 11.6 Å². The Labute approximate surface area is 176 Å². The van der Waals surface area contributed by atoms with E-state index in [1.807, 2.05) is 0 Å². The number of methoxy groups -OCH3 is 1. The molecule has 4 rings (SSSR count). The number of nitrogens with zero attached hydrogens (tertiary/aromatic N) is 2. The van der Waals surface area contributed by atoms with Gasteiger partial charge in [-0.2, -0.15) is 18.2 Å². The van der Waals surface area contributed by atoms with Gasteiger partial charge in [0.25, 0.3) is 0 Å². The summed E-state index contributed by atoms with van der Waals surface area (Å²) in [6, 6.07) is 11.9. The highest BCUT2D eigenvalue weighted by atomic mass is 19.4. The molecule has 1 aliphatic carbocycles. The zero-order valence-electron chi connectivity index (χ0n) is 16.6. The molecule has 0 aliphatic heterocycles. The van der Waals surface area contributed by atoms with E-state index in [1.54, 1.807) is 31.4 Å². The second kappa shape index (κ2) is 8.25. The van der Waals surface area contributed by atoms with Crippen LogP contribution >= 0.6 is 0 Å². The van der Waals surface area contributed by atoms with Gasteiger partial charge in [0.15, 0.2) is 5.78 Å². The van der Waals surface area contributed by atoms with E-state index in [-0.39, 0.29) is 17.4 Å². The van der Waals surface area contributed by atoms with Gasteiger partial charge in [0.05, 0.1) is 23.9 Å². The first-order valence-electron chi connectivity index (χ1n) is 9.63. The molecule has 31 heavy (non-hydrogen) atoms. The highest BCUT2D eigenvalue weighted by Gasteiger charge is 2.30. The Hall–Kier alpha value is -3.62. The van der Waals surface area contributed by atoms with Crippen molar-refractivity contribution in [3.8, 4) is 5.75 Å². The molecule has 0 radical (unpaired) electrons. The molecule has 6 nitrogen and oxygen atoms in total. The molecule has 3 aromatic rings. The third kappa shape index (κ3) is 4.60. The number of carbonyl (C=O) groups excluding carboxylic acids is 1. The number of benzene rings is 2. The monoisotopic (exact) mass is 428 g/mol. The summed E-state index contributed by atoms with van der Waals surface area (Å²) in [5.74, 6) is 1.04. The fraction of sp³-hybridized carbons (Fsp3) is 0.227. The van der Waals surface area contributed by atoms with Crippen molar-refractivity contribution < 1.29 is 22.7 Å². The highest BCUT2D eigenvalue weighted by molar-refractivity contribution is 6.03. The second-order valence-corrected chi connectivity index (χ2v) is 7.05. The fourth-order valence-electron chi connectivity index (χ4n) is 3.38. The summed E-state index contributed by atoms with van der Waals surface area (Å²) in [7, 11) is 1.56. The topological polar surface area (TPSA) is 76.1 Å². The Kier molecular flexibility index (Phi) is 5.50. The number of Topliss-reactive ketones (excluding diaryl/α,β-unsaturated/α-hetero) is 1. The van der Waals surface area contributed by atoms with Gasteiger partial charge in [-0.1, -0.05) is 6.07 Å². The Morgan fingerprint density at radius 3 is 2.45 bits per heavy atom. The number of aryl methyl sites for hydroxylation is 1. The summed E-state index contributed by atoms with van der Waals surface area (Å²) < 4.78 is 44.2. The maximum absolute atomic E-state index is 13.0. The van der Waals surface area contributed by atoms with Crippen LogP contribution in [0.3, 0.4) is 0 Å². The van der Waals surface area contributed by atoms with Gasteiger partial charge in [-0.05, 0) is 55.3 Å². The molecule has 0 spiro atoms. The SMILES string of the molecule is COc1ccc(Nc2nc(Nc3cccc(C(F)(F)F)c3)nc3c2C(=O)CCC3)cc1. The van der Waals surface area contributed by atoms with E-state index in [0.29, 0.717) is 47.8 Å². The van der Waals surface area contributed by atoms with E-state index in [4.69, 9.17) is 4.74 Å². The summed E-state index contributed by atoms with van der Waals surface area (Å²) in [5.41, 5.74) is 1.09. The van der Waals surface area contributed by atoms with E-state index in [2.05, 4.69) is 20.6 Å². The van der Waals surface area contributed by atoms with Crippen molar-refractivity contribution in [3.63, 3.8) is 0 Å². The number of carbonyl (C=O) groups is 1. The number of ketones is 1. The van der Waals surface area contributed by atoms with Crippen molar-refractivity contribution in [1.82, 2.24) is 9.97 Å². The van der Waals surface area contributed by atoms with Crippen molar-refractivity contribution in [3.05, 3.63) is 65.4 Å². The number of hydrogen-bond acceptors (Lipinski definition) is 6. The molecule has 1 aromatic heterocycles. The van der Waals surface area contributed by atoms with E-state index in [1.165, 1.54) is 12.1 Å². The average Bonchev–Trinajstić information content (AvgIpc) is 2.74. The highest BCUT2D eigenvalue weighted by Crippen LogP contribution is 2.33. The van der Waals surface area contributed by atoms with Crippen LogP contribution < -0.4 is 15.4 Å². The number of hydrogen-bond donors (Lipinski definition) is 2. The second-order valence-electron chi connectivity index (χ2n) is 7.05. The maximum atomic E-state index is 13.0. The fourth-order valence-corrected chi connectivity index (χ4v) is 3.38. The van der Waals surface area contributed by atoms with Crippen molar-refractivity contribution >= 4 is 28.9 Å². The summed E-state index contributed by atoms with van der Waals surface area (Å²) in [6.07, 6.45) is -2.82. The molecule has 0 fully saturated rings. The molecule has 2 aromatic carbocycles. The number of alkyl halides is 3. The van der Waals surface area contributed by atoms with E-state index in [9.17, 15) is 18.0 Å². The Morgan fingerprint density at radius 1 is 0.968 bits per heavy atom. The number of anilines is 4. The van der Waals surface area contributed by atoms with Gasteiger partial charge < -0.3 is 15.4 Å². The third-order valence-corrected chi connectivity index (χ3v) is 4.88. The summed E-state index contributed by atoms with van der Waals surface area (Å²) >= 11 is 0. The molecular formula is C22H19F3N4O2. The molecule has 1 heterocycles.